The molecule has 5 heteroatoms. The fourth-order valence-electron chi connectivity index (χ4n) is 1.21. The van der Waals surface area contributed by atoms with E-state index in [1.54, 1.807) is 0 Å². The van der Waals surface area contributed by atoms with Gasteiger partial charge in [0, 0.05) is 13.1 Å². The van der Waals surface area contributed by atoms with E-state index in [1.165, 1.54) is 7.11 Å². The average Bonchev–Trinajstić information content (AvgIpc) is 2.28. The maximum Gasteiger partial charge on any atom is 0.337 e. The zero-order valence-corrected chi connectivity index (χ0v) is 9.62. The van der Waals surface area contributed by atoms with Crippen molar-refractivity contribution in [2.75, 3.05) is 33.3 Å². The van der Waals surface area contributed by atoms with E-state index in [0.717, 1.165) is 19.6 Å². The molecule has 0 bridgehead atoms. The Morgan fingerprint density at radius 1 is 1.53 bits per heavy atom. The van der Waals surface area contributed by atoms with Crippen LogP contribution in [-0.2, 0) is 9.53 Å². The highest BCUT2D eigenvalue weighted by Gasteiger charge is 2.16. The zero-order valence-electron chi connectivity index (χ0n) is 9.62. The van der Waals surface area contributed by atoms with Gasteiger partial charge in [-0.2, -0.15) is 5.26 Å². The Morgan fingerprint density at radius 2 is 2.13 bits per heavy atom. The summed E-state index contributed by atoms with van der Waals surface area (Å²) in [5.41, 5.74) is 0. The molecule has 0 saturated heterocycles. The van der Waals surface area contributed by atoms with Gasteiger partial charge in [0.05, 0.1) is 13.2 Å². The molecule has 0 heterocycles. The van der Waals surface area contributed by atoms with Crippen LogP contribution < -0.4 is 5.32 Å². The van der Waals surface area contributed by atoms with Crippen molar-refractivity contribution in [1.29, 1.82) is 5.26 Å². The van der Waals surface area contributed by atoms with Crippen LogP contribution in [0.1, 0.15) is 13.8 Å². The first-order valence-electron chi connectivity index (χ1n) is 5.12. The van der Waals surface area contributed by atoms with Gasteiger partial charge in [0.1, 0.15) is 0 Å². The standard InChI is InChI=1S/C10H19N3O2/c1-4-13(5-2)7-6-12-9(8-11)10(14)15-3/h9,12H,4-7H2,1-3H3. The summed E-state index contributed by atoms with van der Waals surface area (Å²) in [5.74, 6) is -0.531. The third kappa shape index (κ3) is 5.35. The van der Waals surface area contributed by atoms with Crippen molar-refractivity contribution in [3.8, 4) is 6.07 Å². The number of rotatable bonds is 7. The molecule has 0 aromatic heterocycles. The molecular weight excluding hydrogens is 194 g/mol. The number of methoxy groups -OCH3 is 1. The van der Waals surface area contributed by atoms with Crippen LogP contribution in [0, 0.1) is 11.3 Å². The summed E-state index contributed by atoms with van der Waals surface area (Å²) in [6.45, 7) is 7.51. The van der Waals surface area contributed by atoms with E-state index in [-0.39, 0.29) is 0 Å². The number of nitrogens with zero attached hydrogens (tertiary/aromatic N) is 2. The lowest BCUT2D eigenvalue weighted by molar-refractivity contribution is -0.141. The molecule has 0 fully saturated rings. The Balaban J connectivity index is 3.83. The molecule has 0 aliphatic rings. The Bertz CT molecular complexity index is 221. The van der Waals surface area contributed by atoms with Crippen molar-refractivity contribution in [2.45, 2.75) is 19.9 Å². The molecule has 0 amide bonds. The molecule has 1 N–H and O–H groups in total. The number of likely N-dealkylation sites (N-methyl/N-ethyl adjacent to an activating group) is 1. The SMILES string of the molecule is CCN(CC)CCNC(C#N)C(=O)OC. The van der Waals surface area contributed by atoms with Gasteiger partial charge < -0.3 is 9.64 Å². The molecule has 0 radical (unpaired) electrons. The first kappa shape index (κ1) is 13.9. The minimum absolute atomic E-state index is 0.531. The highest BCUT2D eigenvalue weighted by atomic mass is 16.5. The largest absolute Gasteiger partial charge is 0.467 e. The Morgan fingerprint density at radius 3 is 2.53 bits per heavy atom. The van der Waals surface area contributed by atoms with Gasteiger partial charge in [-0.15, -0.1) is 0 Å². The summed E-state index contributed by atoms with van der Waals surface area (Å²) in [6.07, 6.45) is 0. The Labute approximate surface area is 91.0 Å². The van der Waals surface area contributed by atoms with Gasteiger partial charge >= 0.3 is 5.97 Å². The predicted molar refractivity (Wildman–Crippen MR) is 57.2 cm³/mol. The van der Waals surface area contributed by atoms with Crippen LogP contribution in [0.4, 0.5) is 0 Å². The highest BCUT2D eigenvalue weighted by molar-refractivity contribution is 5.78. The third-order valence-corrected chi connectivity index (χ3v) is 2.24. The first-order valence-corrected chi connectivity index (χ1v) is 5.12. The third-order valence-electron chi connectivity index (χ3n) is 2.24. The van der Waals surface area contributed by atoms with Crippen molar-refractivity contribution < 1.29 is 9.53 Å². The summed E-state index contributed by atoms with van der Waals surface area (Å²) >= 11 is 0. The fraction of sp³-hybridized carbons (Fsp3) is 0.800. The van der Waals surface area contributed by atoms with Crippen LogP contribution >= 0.6 is 0 Å². The van der Waals surface area contributed by atoms with Gasteiger partial charge in [-0.05, 0) is 13.1 Å². The maximum atomic E-state index is 11.0. The molecule has 15 heavy (non-hydrogen) atoms. The summed E-state index contributed by atoms with van der Waals surface area (Å²) in [7, 11) is 1.28. The minimum atomic E-state index is -0.856. The van der Waals surface area contributed by atoms with E-state index < -0.39 is 12.0 Å². The van der Waals surface area contributed by atoms with Crippen molar-refractivity contribution in [1.82, 2.24) is 10.2 Å². The van der Waals surface area contributed by atoms with Crippen molar-refractivity contribution in [2.24, 2.45) is 0 Å². The number of hydrogen-bond donors (Lipinski definition) is 1. The molecule has 0 aromatic carbocycles. The number of esters is 1. The van der Waals surface area contributed by atoms with Crippen molar-refractivity contribution in [3.63, 3.8) is 0 Å². The lowest BCUT2D eigenvalue weighted by atomic mass is 10.3. The molecule has 0 aliphatic carbocycles. The van der Waals surface area contributed by atoms with Crippen LogP contribution in [0.25, 0.3) is 0 Å². The Hall–Kier alpha value is -1.12. The smallest absolute Gasteiger partial charge is 0.337 e. The summed E-state index contributed by atoms with van der Waals surface area (Å²) in [4.78, 5) is 13.2. The van der Waals surface area contributed by atoms with Gasteiger partial charge in [-0.25, -0.2) is 4.79 Å². The average molecular weight is 213 g/mol. The highest BCUT2D eigenvalue weighted by Crippen LogP contribution is 1.88. The lowest BCUT2D eigenvalue weighted by Gasteiger charge is -2.18. The zero-order chi connectivity index (χ0) is 11.7. The van der Waals surface area contributed by atoms with Crippen molar-refractivity contribution in [3.05, 3.63) is 0 Å². The number of nitriles is 1. The van der Waals surface area contributed by atoms with Crippen molar-refractivity contribution >= 4 is 5.97 Å². The molecule has 0 saturated carbocycles. The van der Waals surface area contributed by atoms with Crippen LogP contribution in [0.5, 0.6) is 0 Å². The van der Waals surface area contributed by atoms with E-state index in [4.69, 9.17) is 5.26 Å². The second-order valence-electron chi connectivity index (χ2n) is 3.07. The molecule has 0 spiro atoms. The molecule has 0 aromatic rings. The maximum absolute atomic E-state index is 11.0. The molecular formula is C10H19N3O2. The second kappa shape index (κ2) is 8.21. The van der Waals surface area contributed by atoms with E-state index in [2.05, 4.69) is 28.8 Å². The predicted octanol–water partition coefficient (Wildman–Crippen LogP) is -0.0170. The van der Waals surface area contributed by atoms with Gasteiger partial charge in [-0.3, -0.25) is 5.32 Å². The quantitative estimate of drug-likeness (QED) is 0.602. The van der Waals surface area contributed by atoms with E-state index in [0.29, 0.717) is 6.54 Å². The van der Waals surface area contributed by atoms with E-state index in [9.17, 15) is 4.79 Å². The van der Waals surface area contributed by atoms with E-state index >= 15 is 0 Å². The first-order chi connectivity index (χ1) is 7.19. The van der Waals surface area contributed by atoms with Crippen LogP contribution in [0.2, 0.25) is 0 Å². The number of ether oxygens (including phenoxy) is 1. The fourth-order valence-corrected chi connectivity index (χ4v) is 1.21. The van der Waals surface area contributed by atoms with Gasteiger partial charge in [-0.1, -0.05) is 13.8 Å². The minimum Gasteiger partial charge on any atom is -0.467 e. The molecule has 5 nitrogen and oxygen atoms in total. The van der Waals surface area contributed by atoms with Crippen LogP contribution in [0.15, 0.2) is 0 Å². The topological polar surface area (TPSA) is 65.4 Å². The number of carbonyl (C=O) groups excluding carboxylic acids is 1. The number of nitrogens with one attached hydrogen (secondary N) is 1. The summed E-state index contributed by atoms with van der Waals surface area (Å²) < 4.78 is 4.48. The summed E-state index contributed by atoms with van der Waals surface area (Å²) in [5, 5.41) is 11.5. The molecule has 1 atom stereocenters. The van der Waals surface area contributed by atoms with E-state index in [1.807, 2.05) is 6.07 Å². The van der Waals surface area contributed by atoms with Crippen LogP contribution in [-0.4, -0.2) is 50.2 Å². The van der Waals surface area contributed by atoms with Gasteiger partial charge in [0.15, 0.2) is 6.04 Å². The summed E-state index contributed by atoms with van der Waals surface area (Å²) in [6, 6.07) is 1.00. The molecule has 86 valence electrons. The monoisotopic (exact) mass is 213 g/mol. The van der Waals surface area contributed by atoms with Gasteiger partial charge in [0.2, 0.25) is 0 Å². The normalized spacial score (nSPS) is 12.2. The van der Waals surface area contributed by atoms with Gasteiger partial charge in [0.25, 0.3) is 0 Å². The second-order valence-corrected chi connectivity index (χ2v) is 3.07. The lowest BCUT2D eigenvalue weighted by Crippen LogP contribution is -2.41. The van der Waals surface area contributed by atoms with Crippen LogP contribution in [0.3, 0.4) is 0 Å². The Kier molecular flexibility index (Phi) is 7.60. The molecule has 0 rings (SSSR count). The number of carbonyl (C=O) groups is 1. The molecule has 0 aliphatic heterocycles. The molecule has 1 unspecified atom stereocenters. The number of hydrogen-bond acceptors (Lipinski definition) is 5.